The molecule has 0 heterocycles. The second-order valence-corrected chi connectivity index (χ2v) is 14.8. The lowest BCUT2D eigenvalue weighted by Gasteiger charge is -2.19. The molecule has 6 atom stereocenters. The Hall–Kier alpha value is -1.94. The number of carbonyl (C=O) groups is 4. The second kappa shape index (κ2) is 15.1. The lowest BCUT2D eigenvalue weighted by molar-refractivity contribution is -0.156. The van der Waals surface area contributed by atoms with Gasteiger partial charge < -0.3 is 18.9 Å². The van der Waals surface area contributed by atoms with Crippen LogP contribution in [0, 0.1) is 34.5 Å². The molecule has 2 aromatic carbocycles. The molecular formula is C34H36Cl6O8. The van der Waals surface area contributed by atoms with E-state index in [2.05, 4.69) is 27.7 Å². The van der Waals surface area contributed by atoms with Crippen LogP contribution < -0.4 is 9.47 Å². The summed E-state index contributed by atoms with van der Waals surface area (Å²) in [5.41, 5.74) is -1.32. The van der Waals surface area contributed by atoms with Crippen molar-refractivity contribution in [3.8, 4) is 11.5 Å². The zero-order valence-electron chi connectivity index (χ0n) is 27.2. The molecule has 8 nitrogen and oxygen atoms in total. The fourth-order valence-electron chi connectivity index (χ4n) is 7.51. The van der Waals surface area contributed by atoms with Crippen molar-refractivity contribution in [3.63, 3.8) is 0 Å². The van der Waals surface area contributed by atoms with Gasteiger partial charge in [0.1, 0.15) is 11.1 Å². The summed E-state index contributed by atoms with van der Waals surface area (Å²) in [5, 5.41) is -1.46. The molecule has 0 aromatic heterocycles. The van der Waals surface area contributed by atoms with Crippen LogP contribution in [0.25, 0.3) is 0 Å². The van der Waals surface area contributed by atoms with Gasteiger partial charge in [0.05, 0.1) is 43.3 Å². The van der Waals surface area contributed by atoms with Gasteiger partial charge in [-0.2, -0.15) is 0 Å². The molecule has 2 fully saturated rings. The molecule has 4 rings (SSSR count). The Morgan fingerprint density at radius 3 is 1.21 bits per heavy atom. The summed E-state index contributed by atoms with van der Waals surface area (Å²) in [7, 11) is 0. The van der Waals surface area contributed by atoms with E-state index in [-0.39, 0.29) is 54.2 Å². The Balaban J connectivity index is 1.56. The van der Waals surface area contributed by atoms with Gasteiger partial charge in [-0.05, 0) is 48.6 Å². The minimum Gasteiger partial charge on any atom is -0.461 e. The first-order chi connectivity index (χ1) is 22.6. The van der Waals surface area contributed by atoms with Crippen LogP contribution in [0.2, 0.25) is 30.1 Å². The van der Waals surface area contributed by atoms with Crippen LogP contribution in [0.5, 0.6) is 11.5 Å². The van der Waals surface area contributed by atoms with E-state index in [0.29, 0.717) is 23.7 Å². The van der Waals surface area contributed by atoms with Crippen molar-refractivity contribution in [1.29, 1.82) is 0 Å². The molecule has 0 bridgehead atoms. The maximum Gasteiger partial charge on any atom is 0.423 e. The third-order valence-electron chi connectivity index (χ3n) is 10.6. The fraction of sp³-hybridized carbons (Fsp3) is 0.529. The zero-order valence-corrected chi connectivity index (χ0v) is 31.8. The Kier molecular flexibility index (Phi) is 12.2. The molecule has 0 saturated heterocycles. The molecule has 5 unspecified atom stereocenters. The second-order valence-electron chi connectivity index (χ2n) is 12.4. The van der Waals surface area contributed by atoms with E-state index in [1.165, 1.54) is 0 Å². The van der Waals surface area contributed by atoms with Crippen LogP contribution >= 0.6 is 69.6 Å². The highest BCUT2D eigenvalue weighted by atomic mass is 35.5. The molecule has 2 saturated carbocycles. The van der Waals surface area contributed by atoms with Gasteiger partial charge in [0.25, 0.3) is 0 Å². The van der Waals surface area contributed by atoms with Crippen LogP contribution in [0.3, 0.4) is 0 Å². The quantitative estimate of drug-likeness (QED) is 0.0907. The van der Waals surface area contributed by atoms with Gasteiger partial charge in [-0.25, -0.2) is 19.2 Å². The number of hydrogen-bond donors (Lipinski definition) is 0. The average Bonchev–Trinajstić information content (AvgIpc) is 3.86. The molecule has 0 N–H and O–H groups in total. The minimum absolute atomic E-state index is 0.0873. The van der Waals surface area contributed by atoms with E-state index in [4.69, 9.17) is 88.6 Å². The summed E-state index contributed by atoms with van der Waals surface area (Å²) in [6.07, 6.45) is 3.40. The number of carbonyl (C=O) groups excluding carboxylic acids is 4. The number of hydrogen-bond acceptors (Lipinski definition) is 8. The number of rotatable bonds is 12. The largest absolute Gasteiger partial charge is 0.461 e. The van der Waals surface area contributed by atoms with Crippen molar-refractivity contribution in [2.45, 2.75) is 67.2 Å². The molecule has 2 aliphatic carbocycles. The van der Waals surface area contributed by atoms with Crippen molar-refractivity contribution in [2.75, 3.05) is 13.2 Å². The number of ether oxygens (including phenoxy) is 4. The van der Waals surface area contributed by atoms with Crippen LogP contribution in [0.4, 0.5) is 0 Å². The topological polar surface area (TPSA) is 105 Å². The van der Waals surface area contributed by atoms with Gasteiger partial charge >= 0.3 is 23.9 Å². The molecule has 0 spiro atoms. The van der Waals surface area contributed by atoms with Gasteiger partial charge in [0.2, 0.25) is 0 Å². The average molecular weight is 785 g/mol. The van der Waals surface area contributed by atoms with Crippen LogP contribution in [-0.2, 0) is 19.1 Å². The number of halogens is 6. The molecular weight excluding hydrogens is 749 g/mol. The SMILES string of the molecule is CCC1C(C)C1(CC)COC(=O)c1c(Cl)c(Cl)cc(Cl)c1OC(=O)C(=O)Oc1c(Cl)cc(Cl)c(Cl)c1C(=O)OCC1(CC)C(CC)[C@@H]1C. The third kappa shape index (κ3) is 7.00. The Morgan fingerprint density at radius 2 is 0.938 bits per heavy atom. The molecule has 0 radical (unpaired) electrons. The molecule has 2 aliphatic rings. The first-order valence-corrected chi connectivity index (χ1v) is 18.0. The van der Waals surface area contributed by atoms with Crippen LogP contribution in [-0.4, -0.2) is 37.1 Å². The smallest absolute Gasteiger partial charge is 0.423 e. The predicted octanol–water partition coefficient (Wildman–Crippen LogP) is 10.6. The summed E-state index contributed by atoms with van der Waals surface area (Å²) in [6, 6.07) is 2.27. The lowest BCUT2D eigenvalue weighted by atomic mass is 9.99. The highest BCUT2D eigenvalue weighted by Crippen LogP contribution is 2.63. The molecule has 262 valence electrons. The van der Waals surface area contributed by atoms with Gasteiger partial charge in [-0.15, -0.1) is 0 Å². The number of benzene rings is 2. The van der Waals surface area contributed by atoms with Crippen molar-refractivity contribution < 1.29 is 38.1 Å². The Bertz CT molecular complexity index is 1530. The van der Waals surface area contributed by atoms with E-state index < -0.39 is 46.5 Å². The van der Waals surface area contributed by atoms with Gasteiger partial charge in [0.15, 0.2) is 11.5 Å². The molecule has 0 amide bonds. The van der Waals surface area contributed by atoms with Crippen molar-refractivity contribution >= 4 is 93.5 Å². The Morgan fingerprint density at radius 1 is 0.604 bits per heavy atom. The van der Waals surface area contributed by atoms with Gasteiger partial charge in [-0.1, -0.05) is 124 Å². The highest BCUT2D eigenvalue weighted by molar-refractivity contribution is 6.47. The van der Waals surface area contributed by atoms with E-state index in [0.717, 1.165) is 37.8 Å². The van der Waals surface area contributed by atoms with Gasteiger partial charge in [-0.3, -0.25) is 0 Å². The zero-order chi connectivity index (χ0) is 35.9. The van der Waals surface area contributed by atoms with Crippen LogP contribution in [0.15, 0.2) is 12.1 Å². The lowest BCUT2D eigenvalue weighted by Crippen LogP contribution is -2.28. The number of esters is 4. The first kappa shape index (κ1) is 38.9. The van der Waals surface area contributed by atoms with E-state index in [1.807, 2.05) is 13.8 Å². The summed E-state index contributed by atoms with van der Waals surface area (Å²) in [4.78, 5) is 52.9. The van der Waals surface area contributed by atoms with Crippen molar-refractivity contribution in [1.82, 2.24) is 0 Å². The standard InChI is InChI=1S/C34H36Cl6O8/c1-7-17-15(5)33(17,9-3)13-45-29(41)23-25(39)19(35)11-21(37)27(23)47-31(43)32(44)48-28-22(38)12-20(36)26(40)24(28)30(42)46-14-34(10-4)16(6)18(34)8-2/h11-12,15-18H,7-10,13-14H2,1-6H3/t15-,16?,17?,18?,33?,34?/m0/s1. The van der Waals surface area contributed by atoms with E-state index in [1.54, 1.807) is 0 Å². The molecule has 48 heavy (non-hydrogen) atoms. The third-order valence-corrected chi connectivity index (χ3v) is 12.8. The molecule has 2 aromatic rings. The highest BCUT2D eigenvalue weighted by Gasteiger charge is 2.60. The summed E-state index contributed by atoms with van der Waals surface area (Å²) in [5.74, 6) is -4.94. The maximum atomic E-state index is 13.3. The molecule has 14 heteroatoms. The summed E-state index contributed by atoms with van der Waals surface area (Å²) < 4.78 is 21.8. The normalized spacial score (nSPS) is 25.7. The molecule has 0 aliphatic heterocycles. The Labute approximate surface area is 309 Å². The first-order valence-electron chi connectivity index (χ1n) is 15.7. The predicted molar refractivity (Wildman–Crippen MR) is 186 cm³/mol. The maximum absolute atomic E-state index is 13.3. The summed E-state index contributed by atoms with van der Waals surface area (Å²) >= 11 is 37.7. The van der Waals surface area contributed by atoms with Gasteiger partial charge in [0, 0.05) is 10.8 Å². The van der Waals surface area contributed by atoms with Crippen molar-refractivity contribution in [2.24, 2.45) is 34.5 Å². The fourth-order valence-corrected chi connectivity index (χ4v) is 8.95. The van der Waals surface area contributed by atoms with Crippen molar-refractivity contribution in [3.05, 3.63) is 53.4 Å². The van der Waals surface area contributed by atoms with Crippen LogP contribution in [0.1, 0.15) is 87.9 Å². The minimum atomic E-state index is -1.64. The van der Waals surface area contributed by atoms with E-state index in [9.17, 15) is 19.2 Å². The van der Waals surface area contributed by atoms with E-state index >= 15 is 0 Å². The summed E-state index contributed by atoms with van der Waals surface area (Å²) in [6.45, 7) is 12.5. The monoisotopic (exact) mass is 782 g/mol.